The smallest absolute Gasteiger partial charge is 0.255 e. The standard InChI is InChI=1S/C16H19N3O2S/c20-16(19-11-13-5-3-9-22-13)14-6-1-7-17-15(14)18-10-12-4-2-8-21-12/h1,3,5-7,9,12H,2,4,8,10-11H2,(H,17,18)(H,19,20). The largest absolute Gasteiger partial charge is 0.376 e. The van der Waals surface area contributed by atoms with Gasteiger partial charge in [0.05, 0.1) is 18.2 Å². The maximum atomic E-state index is 12.3. The lowest BCUT2D eigenvalue weighted by atomic mass is 10.2. The van der Waals surface area contributed by atoms with Gasteiger partial charge in [-0.15, -0.1) is 11.3 Å². The number of hydrogen-bond acceptors (Lipinski definition) is 5. The number of carbonyl (C=O) groups excluding carboxylic acids is 1. The number of aromatic nitrogens is 1. The van der Waals surface area contributed by atoms with Gasteiger partial charge in [-0.2, -0.15) is 0 Å². The first-order valence-corrected chi connectivity index (χ1v) is 8.32. The second-order valence-electron chi connectivity index (χ2n) is 5.18. The number of nitrogens with zero attached hydrogens (tertiary/aromatic N) is 1. The van der Waals surface area contributed by atoms with E-state index < -0.39 is 0 Å². The second-order valence-corrected chi connectivity index (χ2v) is 6.21. The molecule has 6 heteroatoms. The average molecular weight is 317 g/mol. The molecular formula is C16H19N3O2S. The molecule has 5 nitrogen and oxygen atoms in total. The summed E-state index contributed by atoms with van der Waals surface area (Å²) in [4.78, 5) is 17.8. The number of hydrogen-bond donors (Lipinski definition) is 2. The number of nitrogens with one attached hydrogen (secondary N) is 2. The van der Waals surface area contributed by atoms with Crippen LogP contribution in [0, 0.1) is 0 Å². The molecule has 1 fully saturated rings. The number of ether oxygens (including phenoxy) is 1. The van der Waals surface area contributed by atoms with Crippen LogP contribution in [0.15, 0.2) is 35.8 Å². The van der Waals surface area contributed by atoms with Crippen LogP contribution in [0.1, 0.15) is 28.1 Å². The minimum atomic E-state index is -0.114. The van der Waals surface area contributed by atoms with Crippen LogP contribution in [0.25, 0.3) is 0 Å². The van der Waals surface area contributed by atoms with Gasteiger partial charge in [-0.3, -0.25) is 4.79 Å². The van der Waals surface area contributed by atoms with Gasteiger partial charge in [-0.05, 0) is 36.4 Å². The van der Waals surface area contributed by atoms with Crippen LogP contribution in [0.3, 0.4) is 0 Å². The first kappa shape index (κ1) is 15.0. The first-order valence-electron chi connectivity index (χ1n) is 7.44. The third-order valence-corrected chi connectivity index (χ3v) is 4.45. The van der Waals surface area contributed by atoms with Crippen molar-refractivity contribution < 1.29 is 9.53 Å². The summed E-state index contributed by atoms with van der Waals surface area (Å²) in [6.45, 7) is 2.04. The second kappa shape index (κ2) is 7.38. The highest BCUT2D eigenvalue weighted by atomic mass is 32.1. The van der Waals surface area contributed by atoms with E-state index in [0.29, 0.717) is 24.5 Å². The Kier molecular flexibility index (Phi) is 5.03. The van der Waals surface area contributed by atoms with Crippen molar-refractivity contribution >= 4 is 23.1 Å². The Labute approximate surface area is 133 Å². The van der Waals surface area contributed by atoms with E-state index in [2.05, 4.69) is 15.6 Å². The molecule has 1 aliphatic heterocycles. The van der Waals surface area contributed by atoms with E-state index in [9.17, 15) is 4.79 Å². The highest BCUT2D eigenvalue weighted by molar-refractivity contribution is 7.09. The maximum Gasteiger partial charge on any atom is 0.255 e. The zero-order valence-corrected chi connectivity index (χ0v) is 13.1. The molecule has 2 N–H and O–H groups in total. The molecule has 2 aromatic rings. The number of amides is 1. The normalized spacial score (nSPS) is 17.4. The molecule has 0 bridgehead atoms. The summed E-state index contributed by atoms with van der Waals surface area (Å²) in [5.74, 6) is 0.498. The Bertz CT molecular complexity index is 610. The van der Waals surface area contributed by atoms with Crippen LogP contribution >= 0.6 is 11.3 Å². The topological polar surface area (TPSA) is 63.2 Å². The predicted molar refractivity (Wildman–Crippen MR) is 87.2 cm³/mol. The lowest BCUT2D eigenvalue weighted by Crippen LogP contribution is -2.25. The van der Waals surface area contributed by atoms with E-state index in [0.717, 1.165) is 24.3 Å². The quantitative estimate of drug-likeness (QED) is 0.860. The van der Waals surface area contributed by atoms with Gasteiger partial charge in [0.25, 0.3) is 5.91 Å². The molecule has 0 saturated carbocycles. The van der Waals surface area contributed by atoms with Crippen LogP contribution in [0.2, 0.25) is 0 Å². The van der Waals surface area contributed by atoms with E-state index in [1.807, 2.05) is 17.5 Å². The van der Waals surface area contributed by atoms with E-state index in [1.54, 1.807) is 29.7 Å². The van der Waals surface area contributed by atoms with E-state index in [4.69, 9.17) is 4.74 Å². The summed E-state index contributed by atoms with van der Waals surface area (Å²) in [7, 11) is 0. The molecule has 116 valence electrons. The fourth-order valence-corrected chi connectivity index (χ4v) is 3.07. The van der Waals surface area contributed by atoms with E-state index in [1.165, 1.54) is 0 Å². The Morgan fingerprint density at radius 1 is 1.41 bits per heavy atom. The van der Waals surface area contributed by atoms with Crippen LogP contribution in [0.4, 0.5) is 5.82 Å². The van der Waals surface area contributed by atoms with Crippen LogP contribution < -0.4 is 10.6 Å². The summed E-state index contributed by atoms with van der Waals surface area (Å²) in [5, 5.41) is 8.17. The number of thiophene rings is 1. The molecule has 1 unspecified atom stereocenters. The Morgan fingerprint density at radius 3 is 3.14 bits per heavy atom. The SMILES string of the molecule is O=C(NCc1cccs1)c1cccnc1NCC1CCCO1. The molecule has 1 amide bonds. The maximum absolute atomic E-state index is 12.3. The molecule has 22 heavy (non-hydrogen) atoms. The number of carbonyl (C=O) groups is 1. The van der Waals surface area contributed by atoms with Gasteiger partial charge >= 0.3 is 0 Å². The van der Waals surface area contributed by atoms with Gasteiger partial charge in [-0.1, -0.05) is 6.07 Å². The summed E-state index contributed by atoms with van der Waals surface area (Å²) >= 11 is 1.63. The van der Waals surface area contributed by atoms with Crippen LogP contribution in [0.5, 0.6) is 0 Å². The minimum Gasteiger partial charge on any atom is -0.376 e. The average Bonchev–Trinajstić information content (AvgIpc) is 3.24. The molecule has 1 aliphatic rings. The molecule has 1 saturated heterocycles. The molecule has 3 heterocycles. The highest BCUT2D eigenvalue weighted by Gasteiger charge is 2.17. The van der Waals surface area contributed by atoms with Crippen LogP contribution in [-0.2, 0) is 11.3 Å². The van der Waals surface area contributed by atoms with Gasteiger partial charge in [0.1, 0.15) is 5.82 Å². The Morgan fingerprint density at radius 2 is 2.36 bits per heavy atom. The molecule has 0 spiro atoms. The highest BCUT2D eigenvalue weighted by Crippen LogP contribution is 2.16. The van der Waals surface area contributed by atoms with Crippen molar-refractivity contribution in [3.63, 3.8) is 0 Å². The Hall–Kier alpha value is -1.92. The van der Waals surface area contributed by atoms with Crippen molar-refractivity contribution in [2.75, 3.05) is 18.5 Å². The molecule has 3 rings (SSSR count). The minimum absolute atomic E-state index is 0.114. The van der Waals surface area contributed by atoms with Crippen molar-refractivity contribution in [1.82, 2.24) is 10.3 Å². The van der Waals surface area contributed by atoms with Crippen molar-refractivity contribution in [1.29, 1.82) is 0 Å². The first-order chi connectivity index (χ1) is 10.8. The molecular weight excluding hydrogens is 298 g/mol. The van der Waals surface area contributed by atoms with Gasteiger partial charge < -0.3 is 15.4 Å². The zero-order chi connectivity index (χ0) is 15.2. The van der Waals surface area contributed by atoms with Gasteiger partial charge in [-0.25, -0.2) is 4.98 Å². The third-order valence-electron chi connectivity index (χ3n) is 3.58. The summed E-state index contributed by atoms with van der Waals surface area (Å²) in [6, 6.07) is 7.54. The predicted octanol–water partition coefficient (Wildman–Crippen LogP) is 2.66. The summed E-state index contributed by atoms with van der Waals surface area (Å²) in [6.07, 6.45) is 4.06. The zero-order valence-electron chi connectivity index (χ0n) is 12.2. The lowest BCUT2D eigenvalue weighted by Gasteiger charge is -2.14. The number of rotatable bonds is 6. The van der Waals surface area contributed by atoms with Gasteiger partial charge in [0, 0.05) is 24.2 Å². The van der Waals surface area contributed by atoms with Crippen LogP contribution in [-0.4, -0.2) is 30.1 Å². The van der Waals surface area contributed by atoms with Crippen molar-refractivity contribution in [3.8, 4) is 0 Å². The van der Waals surface area contributed by atoms with E-state index >= 15 is 0 Å². The van der Waals surface area contributed by atoms with Gasteiger partial charge in [0.2, 0.25) is 0 Å². The monoisotopic (exact) mass is 317 g/mol. The molecule has 1 atom stereocenters. The van der Waals surface area contributed by atoms with Crippen molar-refractivity contribution in [2.24, 2.45) is 0 Å². The fourth-order valence-electron chi connectivity index (χ4n) is 2.42. The van der Waals surface area contributed by atoms with E-state index in [-0.39, 0.29) is 12.0 Å². The fraction of sp³-hybridized carbons (Fsp3) is 0.375. The van der Waals surface area contributed by atoms with Crippen molar-refractivity contribution in [3.05, 3.63) is 46.3 Å². The number of anilines is 1. The summed E-state index contributed by atoms with van der Waals surface area (Å²) < 4.78 is 5.58. The number of pyridine rings is 1. The lowest BCUT2D eigenvalue weighted by molar-refractivity contribution is 0.0951. The molecule has 0 aliphatic carbocycles. The van der Waals surface area contributed by atoms with Gasteiger partial charge in [0.15, 0.2) is 0 Å². The van der Waals surface area contributed by atoms with Crippen molar-refractivity contribution in [2.45, 2.75) is 25.5 Å². The molecule has 2 aromatic heterocycles. The third kappa shape index (κ3) is 3.84. The Balaban J connectivity index is 1.60. The molecule has 0 aromatic carbocycles. The summed E-state index contributed by atoms with van der Waals surface area (Å²) in [5.41, 5.74) is 0.567. The molecule has 0 radical (unpaired) electrons.